The van der Waals surface area contributed by atoms with Gasteiger partial charge in [-0.1, -0.05) is 0 Å². The quantitative estimate of drug-likeness (QED) is 0.564. The zero-order valence-electron chi connectivity index (χ0n) is 6.34. The van der Waals surface area contributed by atoms with Gasteiger partial charge < -0.3 is 4.74 Å². The third kappa shape index (κ3) is 0.870. The fourth-order valence-corrected chi connectivity index (χ4v) is 2.02. The molecule has 10 heavy (non-hydrogen) atoms. The minimum Gasteiger partial charge on any atom is -0.379 e. The lowest BCUT2D eigenvalue weighted by molar-refractivity contribution is 0.241. The Kier molecular flexibility index (Phi) is 1.49. The highest BCUT2D eigenvalue weighted by Crippen LogP contribution is 2.35. The van der Waals surface area contributed by atoms with Crippen molar-refractivity contribution in [2.45, 2.75) is 25.3 Å². The second kappa shape index (κ2) is 2.35. The van der Waals surface area contributed by atoms with E-state index in [9.17, 15) is 0 Å². The lowest BCUT2D eigenvalue weighted by atomic mass is 10.0. The van der Waals surface area contributed by atoms with E-state index in [0.29, 0.717) is 6.04 Å². The Hall–Kier alpha value is -0.370. The molecule has 2 nitrogen and oxygen atoms in total. The number of rotatable bonds is 2. The highest BCUT2D eigenvalue weighted by Gasteiger charge is 2.33. The smallest absolute Gasteiger partial charge is 0.0843 e. The van der Waals surface area contributed by atoms with Gasteiger partial charge in [0.25, 0.3) is 0 Å². The van der Waals surface area contributed by atoms with E-state index in [2.05, 4.69) is 4.99 Å². The normalized spacial score (nSPS) is 36.7. The summed E-state index contributed by atoms with van der Waals surface area (Å²) in [6.45, 7) is 0.765. The topological polar surface area (TPSA) is 21.6 Å². The molecule has 0 N–H and O–H groups in total. The maximum atomic E-state index is 5.05. The highest BCUT2D eigenvalue weighted by molar-refractivity contribution is 5.90. The average Bonchev–Trinajstić information content (AvgIpc) is 2.48. The number of hydrogen-bond acceptors (Lipinski definition) is 2. The van der Waals surface area contributed by atoms with Crippen LogP contribution < -0.4 is 0 Å². The number of methoxy groups -OCH3 is 1. The van der Waals surface area contributed by atoms with E-state index in [-0.39, 0.29) is 0 Å². The van der Waals surface area contributed by atoms with Gasteiger partial charge in [0.05, 0.1) is 12.6 Å². The van der Waals surface area contributed by atoms with Crippen LogP contribution in [0.4, 0.5) is 0 Å². The summed E-state index contributed by atoms with van der Waals surface area (Å²) in [5.74, 6) is 0.782. The van der Waals surface area contributed by atoms with Crippen LogP contribution in [0.25, 0.3) is 0 Å². The molecule has 1 heterocycles. The molecule has 1 aliphatic heterocycles. The predicted octanol–water partition coefficient (Wildman–Crippen LogP) is 1.26. The first-order chi connectivity index (χ1) is 4.90. The zero-order chi connectivity index (χ0) is 6.97. The van der Waals surface area contributed by atoms with Gasteiger partial charge in [0.1, 0.15) is 0 Å². The summed E-state index contributed by atoms with van der Waals surface area (Å²) in [5.41, 5.74) is 1.32. The number of ether oxygens (including phenoxy) is 1. The van der Waals surface area contributed by atoms with Gasteiger partial charge in [-0.3, -0.25) is 4.99 Å². The van der Waals surface area contributed by atoms with Crippen LogP contribution in [0, 0.1) is 5.92 Å². The van der Waals surface area contributed by atoms with Crippen molar-refractivity contribution < 1.29 is 4.74 Å². The van der Waals surface area contributed by atoms with Gasteiger partial charge in [0.2, 0.25) is 0 Å². The van der Waals surface area contributed by atoms with Gasteiger partial charge in [0.15, 0.2) is 0 Å². The molecule has 0 radical (unpaired) electrons. The molecule has 1 saturated carbocycles. The van der Waals surface area contributed by atoms with Gasteiger partial charge in [-0.05, 0) is 19.3 Å². The van der Waals surface area contributed by atoms with Crippen molar-refractivity contribution in [2.24, 2.45) is 10.9 Å². The molecule has 0 amide bonds. The molecule has 0 saturated heterocycles. The van der Waals surface area contributed by atoms with Gasteiger partial charge in [-0.2, -0.15) is 0 Å². The molecule has 0 spiro atoms. The molecule has 2 aliphatic rings. The minimum absolute atomic E-state index is 0.662. The molecule has 56 valence electrons. The first-order valence-corrected chi connectivity index (χ1v) is 3.95. The fraction of sp³-hybridized carbons (Fsp3) is 0.875. The molecule has 2 rings (SSSR count). The number of hydrogen-bond donors (Lipinski definition) is 0. The third-order valence-corrected chi connectivity index (χ3v) is 2.52. The van der Waals surface area contributed by atoms with Crippen molar-refractivity contribution in [3.05, 3.63) is 0 Å². The molecule has 2 bridgehead atoms. The van der Waals surface area contributed by atoms with Crippen LogP contribution in [-0.4, -0.2) is 25.5 Å². The summed E-state index contributed by atoms with van der Waals surface area (Å²) < 4.78 is 5.05. The summed E-state index contributed by atoms with van der Waals surface area (Å²) in [7, 11) is 1.74. The van der Waals surface area contributed by atoms with E-state index >= 15 is 0 Å². The maximum Gasteiger partial charge on any atom is 0.0843 e. The van der Waals surface area contributed by atoms with E-state index < -0.39 is 0 Å². The molecule has 0 aromatic heterocycles. The van der Waals surface area contributed by atoms with Crippen LogP contribution in [0.5, 0.6) is 0 Å². The van der Waals surface area contributed by atoms with Crippen molar-refractivity contribution in [3.8, 4) is 0 Å². The standard InChI is InChI=1S/C8H13NO/c1-10-5-8-6-2-3-7(4-6)9-8/h6-7H,2-5H2,1H3. The molecule has 0 aromatic carbocycles. The zero-order valence-corrected chi connectivity index (χ0v) is 6.34. The van der Waals surface area contributed by atoms with E-state index in [0.717, 1.165) is 12.5 Å². The van der Waals surface area contributed by atoms with E-state index in [4.69, 9.17) is 4.74 Å². The van der Waals surface area contributed by atoms with Crippen LogP contribution in [0.3, 0.4) is 0 Å². The van der Waals surface area contributed by atoms with Gasteiger partial charge in [0, 0.05) is 18.7 Å². The average molecular weight is 139 g/mol. The first-order valence-electron chi connectivity index (χ1n) is 3.95. The molecular weight excluding hydrogens is 126 g/mol. The SMILES string of the molecule is COCC1=NC2CCC1C2. The largest absolute Gasteiger partial charge is 0.379 e. The Morgan fingerprint density at radius 1 is 1.60 bits per heavy atom. The monoisotopic (exact) mass is 139 g/mol. The second-order valence-corrected chi connectivity index (χ2v) is 3.22. The number of fused-ring (bicyclic) bond motifs is 2. The summed E-state index contributed by atoms with van der Waals surface area (Å²) in [6, 6.07) is 0.662. The molecule has 2 atom stereocenters. The minimum atomic E-state index is 0.662. The fourth-order valence-electron chi connectivity index (χ4n) is 2.02. The second-order valence-electron chi connectivity index (χ2n) is 3.22. The van der Waals surface area contributed by atoms with E-state index in [1.54, 1.807) is 7.11 Å². The highest BCUT2D eigenvalue weighted by atomic mass is 16.5. The Morgan fingerprint density at radius 3 is 3.00 bits per heavy atom. The van der Waals surface area contributed by atoms with Crippen molar-refractivity contribution in [2.75, 3.05) is 13.7 Å². The summed E-state index contributed by atoms with van der Waals surface area (Å²) in [5, 5.41) is 0. The van der Waals surface area contributed by atoms with Crippen LogP contribution >= 0.6 is 0 Å². The van der Waals surface area contributed by atoms with Crippen molar-refractivity contribution in [1.82, 2.24) is 0 Å². The van der Waals surface area contributed by atoms with Gasteiger partial charge in [-0.25, -0.2) is 0 Å². The molecule has 2 unspecified atom stereocenters. The van der Waals surface area contributed by atoms with E-state index in [1.807, 2.05) is 0 Å². The predicted molar refractivity (Wildman–Crippen MR) is 40.4 cm³/mol. The lowest BCUT2D eigenvalue weighted by Crippen LogP contribution is -2.15. The van der Waals surface area contributed by atoms with Crippen LogP contribution in [-0.2, 0) is 4.74 Å². The van der Waals surface area contributed by atoms with Crippen LogP contribution in [0.1, 0.15) is 19.3 Å². The number of nitrogens with zero attached hydrogens (tertiary/aromatic N) is 1. The number of aliphatic imine (C=N–C) groups is 1. The summed E-state index contributed by atoms with van der Waals surface area (Å²) in [6.07, 6.45) is 3.98. The maximum absolute atomic E-state index is 5.05. The summed E-state index contributed by atoms with van der Waals surface area (Å²) in [4.78, 5) is 4.54. The Balaban J connectivity index is 2.03. The molecular formula is C8H13NO. The molecule has 2 heteroatoms. The first kappa shape index (κ1) is 6.35. The van der Waals surface area contributed by atoms with Gasteiger partial charge >= 0.3 is 0 Å². The Morgan fingerprint density at radius 2 is 2.50 bits per heavy atom. The molecule has 1 aliphatic carbocycles. The summed E-state index contributed by atoms with van der Waals surface area (Å²) >= 11 is 0. The van der Waals surface area contributed by atoms with Crippen molar-refractivity contribution in [3.63, 3.8) is 0 Å². The van der Waals surface area contributed by atoms with Gasteiger partial charge in [-0.15, -0.1) is 0 Å². The Labute approximate surface area is 61.3 Å². The molecule has 0 aromatic rings. The van der Waals surface area contributed by atoms with Crippen LogP contribution in [0.15, 0.2) is 4.99 Å². The van der Waals surface area contributed by atoms with Crippen LogP contribution in [0.2, 0.25) is 0 Å². The molecule has 1 fully saturated rings. The van der Waals surface area contributed by atoms with E-state index in [1.165, 1.54) is 25.0 Å². The third-order valence-electron chi connectivity index (χ3n) is 2.52. The van der Waals surface area contributed by atoms with Crippen molar-refractivity contribution >= 4 is 5.71 Å². The Bertz CT molecular complexity index is 165. The lowest BCUT2D eigenvalue weighted by Gasteiger charge is -2.09. The van der Waals surface area contributed by atoms with Crippen molar-refractivity contribution in [1.29, 1.82) is 0 Å².